The lowest BCUT2D eigenvalue weighted by atomic mass is 10.2. The van der Waals surface area contributed by atoms with Crippen molar-refractivity contribution in [2.24, 2.45) is 0 Å². The van der Waals surface area contributed by atoms with Crippen molar-refractivity contribution in [1.82, 2.24) is 10.6 Å². The molecule has 0 fully saturated rings. The van der Waals surface area contributed by atoms with Gasteiger partial charge in [-0.25, -0.2) is 0 Å². The summed E-state index contributed by atoms with van der Waals surface area (Å²) < 4.78 is 1.04. The van der Waals surface area contributed by atoms with Crippen LogP contribution in [0.5, 0.6) is 0 Å². The molecule has 0 aliphatic carbocycles. The van der Waals surface area contributed by atoms with E-state index in [1.54, 1.807) is 0 Å². The van der Waals surface area contributed by atoms with E-state index in [1.165, 1.54) is 12.8 Å². The number of hydrogen-bond acceptors (Lipinski definition) is 2. The maximum absolute atomic E-state index is 3.45. The molecule has 0 saturated carbocycles. The zero-order valence-electron chi connectivity index (χ0n) is 7.49. The Bertz CT molecular complexity index is 78.5. The fourth-order valence-corrected chi connectivity index (χ4v) is 1.39. The summed E-state index contributed by atoms with van der Waals surface area (Å²) in [6.07, 6.45) is 2.55. The van der Waals surface area contributed by atoms with Crippen molar-refractivity contribution >= 4 is 22.6 Å². The van der Waals surface area contributed by atoms with Crippen LogP contribution in [0.1, 0.15) is 26.7 Å². The predicted molar refractivity (Wildman–Crippen MR) is 59.3 cm³/mol. The van der Waals surface area contributed by atoms with E-state index in [-0.39, 0.29) is 0 Å². The molecule has 11 heavy (non-hydrogen) atoms. The number of hydrogen-bond donors (Lipinski definition) is 2. The van der Waals surface area contributed by atoms with Gasteiger partial charge in [0.1, 0.15) is 0 Å². The average molecular weight is 270 g/mol. The third-order valence-corrected chi connectivity index (χ3v) is 2.15. The van der Waals surface area contributed by atoms with Gasteiger partial charge < -0.3 is 10.6 Å². The molecule has 0 aromatic carbocycles. The van der Waals surface area contributed by atoms with E-state index >= 15 is 0 Å². The summed E-state index contributed by atoms with van der Waals surface area (Å²) >= 11 is 2.32. The largest absolute Gasteiger partial charge is 0.313 e. The summed E-state index contributed by atoms with van der Waals surface area (Å²) in [6, 6.07) is 0.677. The molecule has 0 radical (unpaired) electrons. The number of alkyl halides is 1. The van der Waals surface area contributed by atoms with Crippen molar-refractivity contribution in [2.75, 3.05) is 17.6 Å². The third kappa shape index (κ3) is 8.56. The first-order chi connectivity index (χ1) is 5.31. The van der Waals surface area contributed by atoms with E-state index in [0.29, 0.717) is 6.04 Å². The van der Waals surface area contributed by atoms with E-state index < -0.39 is 0 Å². The van der Waals surface area contributed by atoms with Crippen molar-refractivity contribution in [2.45, 2.75) is 32.7 Å². The highest BCUT2D eigenvalue weighted by molar-refractivity contribution is 14.1. The first-order valence-corrected chi connectivity index (χ1v) is 5.83. The summed E-state index contributed by atoms with van der Waals surface area (Å²) in [7, 11) is 0. The van der Waals surface area contributed by atoms with Crippen LogP contribution < -0.4 is 10.6 Å². The predicted octanol–water partition coefficient (Wildman–Crippen LogP) is 1.75. The molecule has 2 nitrogen and oxygen atoms in total. The fraction of sp³-hybridized carbons (Fsp3) is 1.00. The summed E-state index contributed by atoms with van der Waals surface area (Å²) in [4.78, 5) is 0. The lowest BCUT2D eigenvalue weighted by molar-refractivity contribution is 0.504. The molecule has 0 rings (SSSR count). The molecule has 0 heterocycles. The Labute approximate surface area is 83.7 Å². The molecule has 1 atom stereocenters. The van der Waals surface area contributed by atoms with Crippen LogP contribution in [-0.2, 0) is 0 Å². The molecular formula is C8H19IN2. The van der Waals surface area contributed by atoms with Crippen molar-refractivity contribution in [3.63, 3.8) is 0 Å². The maximum Gasteiger partial charge on any atom is 0.0480 e. The van der Waals surface area contributed by atoms with E-state index in [4.69, 9.17) is 0 Å². The van der Waals surface area contributed by atoms with Crippen LogP contribution >= 0.6 is 22.6 Å². The Balaban J connectivity index is 2.97. The van der Waals surface area contributed by atoms with Gasteiger partial charge in [0.05, 0.1) is 0 Å². The van der Waals surface area contributed by atoms with Crippen LogP contribution in [0.15, 0.2) is 0 Å². The van der Waals surface area contributed by atoms with Gasteiger partial charge in [0.2, 0.25) is 0 Å². The maximum atomic E-state index is 3.45. The molecular weight excluding hydrogens is 251 g/mol. The minimum Gasteiger partial charge on any atom is -0.313 e. The van der Waals surface area contributed by atoms with Gasteiger partial charge in [-0.2, -0.15) is 0 Å². The normalized spacial score (nSPS) is 13.4. The lowest BCUT2D eigenvalue weighted by Crippen LogP contribution is -2.32. The average Bonchev–Trinajstić information content (AvgIpc) is 1.99. The minimum absolute atomic E-state index is 0.677. The molecule has 0 aliphatic heterocycles. The third-order valence-electron chi connectivity index (χ3n) is 1.61. The minimum atomic E-state index is 0.677. The zero-order chi connectivity index (χ0) is 8.53. The van der Waals surface area contributed by atoms with Gasteiger partial charge in [-0.15, -0.1) is 0 Å². The molecule has 0 unspecified atom stereocenters. The number of nitrogens with one attached hydrogen (secondary N) is 2. The van der Waals surface area contributed by atoms with Crippen molar-refractivity contribution in [1.29, 1.82) is 0 Å². The molecule has 0 aliphatic rings. The van der Waals surface area contributed by atoms with Gasteiger partial charge in [-0.05, 0) is 13.3 Å². The SMILES string of the molecule is CCC[C@H](C)NCCNCI. The highest BCUT2D eigenvalue weighted by atomic mass is 127. The topological polar surface area (TPSA) is 24.1 Å². The van der Waals surface area contributed by atoms with Crippen molar-refractivity contribution in [3.05, 3.63) is 0 Å². The second-order valence-electron chi connectivity index (χ2n) is 2.78. The molecule has 0 bridgehead atoms. The van der Waals surface area contributed by atoms with Crippen LogP contribution in [-0.4, -0.2) is 23.7 Å². The number of halogens is 1. The molecule has 0 spiro atoms. The number of rotatable bonds is 7. The van der Waals surface area contributed by atoms with E-state index in [9.17, 15) is 0 Å². The lowest BCUT2D eigenvalue weighted by Gasteiger charge is -2.11. The van der Waals surface area contributed by atoms with Crippen LogP contribution in [0.3, 0.4) is 0 Å². The second kappa shape index (κ2) is 8.74. The summed E-state index contributed by atoms with van der Waals surface area (Å²) in [5, 5.41) is 6.72. The van der Waals surface area contributed by atoms with Crippen LogP contribution in [0.25, 0.3) is 0 Å². The second-order valence-corrected chi connectivity index (χ2v) is 3.54. The Morgan fingerprint density at radius 3 is 2.64 bits per heavy atom. The molecule has 0 aromatic rings. The van der Waals surface area contributed by atoms with Gasteiger partial charge in [0.15, 0.2) is 0 Å². The first kappa shape index (κ1) is 11.6. The van der Waals surface area contributed by atoms with Gasteiger partial charge in [-0.1, -0.05) is 35.9 Å². The van der Waals surface area contributed by atoms with Crippen molar-refractivity contribution in [3.8, 4) is 0 Å². The first-order valence-electron chi connectivity index (χ1n) is 4.31. The highest BCUT2D eigenvalue weighted by Gasteiger charge is 1.96. The monoisotopic (exact) mass is 270 g/mol. The Hall–Kier alpha value is 0.650. The summed E-state index contributed by atoms with van der Waals surface area (Å²) in [6.45, 7) is 6.63. The quantitative estimate of drug-likeness (QED) is 0.319. The molecule has 0 saturated heterocycles. The van der Waals surface area contributed by atoms with Gasteiger partial charge in [-0.3, -0.25) is 0 Å². The van der Waals surface area contributed by atoms with E-state index in [2.05, 4.69) is 47.1 Å². The van der Waals surface area contributed by atoms with Gasteiger partial charge in [0, 0.05) is 23.7 Å². The molecule has 2 N–H and O–H groups in total. The van der Waals surface area contributed by atoms with Crippen LogP contribution in [0.4, 0.5) is 0 Å². The van der Waals surface area contributed by atoms with Crippen molar-refractivity contribution < 1.29 is 0 Å². The molecule has 0 aromatic heterocycles. The Morgan fingerprint density at radius 1 is 1.36 bits per heavy atom. The molecule has 0 amide bonds. The van der Waals surface area contributed by atoms with E-state index in [1.807, 2.05) is 0 Å². The Morgan fingerprint density at radius 2 is 2.09 bits per heavy atom. The Kier molecular flexibility index (Phi) is 9.26. The van der Waals surface area contributed by atoms with Gasteiger partial charge >= 0.3 is 0 Å². The van der Waals surface area contributed by atoms with Crippen LogP contribution in [0.2, 0.25) is 0 Å². The fourth-order valence-electron chi connectivity index (χ4n) is 1.01. The zero-order valence-corrected chi connectivity index (χ0v) is 9.65. The van der Waals surface area contributed by atoms with Gasteiger partial charge in [0.25, 0.3) is 0 Å². The molecule has 3 heteroatoms. The standard InChI is InChI=1S/C8H19IN2/c1-3-4-8(2)11-6-5-10-7-9/h8,10-11H,3-7H2,1-2H3/t8-/m0/s1. The smallest absolute Gasteiger partial charge is 0.0480 e. The summed E-state index contributed by atoms with van der Waals surface area (Å²) in [5.74, 6) is 0. The van der Waals surface area contributed by atoms with E-state index in [0.717, 1.165) is 17.6 Å². The molecule has 68 valence electrons. The van der Waals surface area contributed by atoms with Crippen LogP contribution in [0, 0.1) is 0 Å². The summed E-state index contributed by atoms with van der Waals surface area (Å²) in [5.41, 5.74) is 0. The highest BCUT2D eigenvalue weighted by Crippen LogP contribution is 1.92.